The second kappa shape index (κ2) is 4.99. The minimum atomic E-state index is 0.399. The van der Waals surface area contributed by atoms with Gasteiger partial charge in [0.05, 0.1) is 16.7 Å². The molecule has 0 atom stereocenters. The second-order valence-corrected chi connectivity index (χ2v) is 4.24. The molecule has 3 nitrogen and oxygen atoms in total. The Labute approximate surface area is 110 Å². The van der Waals surface area contributed by atoms with E-state index in [1.165, 1.54) is 0 Å². The standard InChI is InChI=1S/C14H11ClN2O/c1-9-12(17)3-2-4-13(9)18-14-6-5-10(8-16)7-11(14)15/h2-7H,17H2,1H3. The van der Waals surface area contributed by atoms with E-state index in [2.05, 4.69) is 0 Å². The summed E-state index contributed by atoms with van der Waals surface area (Å²) in [6.07, 6.45) is 0. The van der Waals surface area contributed by atoms with Crippen molar-refractivity contribution in [3.8, 4) is 17.6 Å². The van der Waals surface area contributed by atoms with Gasteiger partial charge in [0.1, 0.15) is 11.5 Å². The van der Waals surface area contributed by atoms with E-state index < -0.39 is 0 Å². The fraction of sp³-hybridized carbons (Fsp3) is 0.0714. The van der Waals surface area contributed by atoms with E-state index in [4.69, 9.17) is 27.3 Å². The minimum absolute atomic E-state index is 0.399. The molecule has 2 aromatic carbocycles. The Kier molecular flexibility index (Phi) is 3.40. The maximum absolute atomic E-state index is 8.76. The van der Waals surface area contributed by atoms with Crippen LogP contribution in [0.4, 0.5) is 5.69 Å². The second-order valence-electron chi connectivity index (χ2n) is 3.83. The van der Waals surface area contributed by atoms with Crippen LogP contribution in [0.1, 0.15) is 11.1 Å². The molecule has 0 aliphatic heterocycles. The summed E-state index contributed by atoms with van der Waals surface area (Å²) in [4.78, 5) is 0. The predicted octanol–water partition coefficient (Wildman–Crippen LogP) is 3.89. The van der Waals surface area contributed by atoms with Gasteiger partial charge in [0, 0.05) is 11.3 Å². The van der Waals surface area contributed by atoms with E-state index in [9.17, 15) is 0 Å². The van der Waals surface area contributed by atoms with Gasteiger partial charge >= 0.3 is 0 Å². The Hall–Kier alpha value is -2.18. The highest BCUT2D eigenvalue weighted by atomic mass is 35.5. The van der Waals surface area contributed by atoms with Gasteiger partial charge in [-0.25, -0.2) is 0 Å². The number of rotatable bonds is 2. The maximum Gasteiger partial charge on any atom is 0.146 e. The van der Waals surface area contributed by atoms with Crippen LogP contribution in [0.15, 0.2) is 36.4 Å². The van der Waals surface area contributed by atoms with Gasteiger partial charge < -0.3 is 10.5 Å². The molecule has 2 N–H and O–H groups in total. The molecule has 0 spiro atoms. The lowest BCUT2D eigenvalue weighted by Gasteiger charge is -2.11. The molecule has 0 aliphatic rings. The van der Waals surface area contributed by atoms with E-state index >= 15 is 0 Å². The largest absolute Gasteiger partial charge is 0.455 e. The van der Waals surface area contributed by atoms with Crippen molar-refractivity contribution in [3.05, 3.63) is 52.5 Å². The lowest BCUT2D eigenvalue weighted by atomic mass is 10.2. The summed E-state index contributed by atoms with van der Waals surface area (Å²) in [5.74, 6) is 1.16. The van der Waals surface area contributed by atoms with Gasteiger partial charge in [0.2, 0.25) is 0 Å². The molecule has 0 amide bonds. The third-order valence-electron chi connectivity index (χ3n) is 2.61. The molecule has 0 unspecified atom stereocenters. The molecular weight excluding hydrogens is 248 g/mol. The van der Waals surface area contributed by atoms with Gasteiger partial charge in [-0.3, -0.25) is 0 Å². The van der Waals surface area contributed by atoms with Crippen LogP contribution in [-0.4, -0.2) is 0 Å². The molecule has 2 rings (SSSR count). The number of benzene rings is 2. The summed E-state index contributed by atoms with van der Waals surface area (Å²) in [6, 6.07) is 12.4. The van der Waals surface area contributed by atoms with E-state index in [0.29, 0.717) is 27.8 Å². The summed E-state index contributed by atoms with van der Waals surface area (Å²) in [5.41, 5.74) is 7.82. The van der Waals surface area contributed by atoms with Crippen molar-refractivity contribution in [2.75, 3.05) is 5.73 Å². The van der Waals surface area contributed by atoms with Gasteiger partial charge in [0.25, 0.3) is 0 Å². The highest BCUT2D eigenvalue weighted by Crippen LogP contribution is 2.33. The Balaban J connectivity index is 2.35. The van der Waals surface area contributed by atoms with E-state index in [1.807, 2.05) is 31.2 Å². The molecule has 0 aliphatic carbocycles. The minimum Gasteiger partial charge on any atom is -0.455 e. The number of ether oxygens (including phenoxy) is 1. The van der Waals surface area contributed by atoms with Crippen LogP contribution in [0, 0.1) is 18.3 Å². The van der Waals surface area contributed by atoms with Gasteiger partial charge in [-0.05, 0) is 37.3 Å². The van der Waals surface area contributed by atoms with Crippen LogP contribution in [-0.2, 0) is 0 Å². The first-order valence-electron chi connectivity index (χ1n) is 5.34. The summed E-state index contributed by atoms with van der Waals surface area (Å²) in [5, 5.41) is 9.16. The van der Waals surface area contributed by atoms with Crippen molar-refractivity contribution >= 4 is 17.3 Å². The first-order valence-corrected chi connectivity index (χ1v) is 5.72. The summed E-state index contributed by atoms with van der Waals surface area (Å²) < 4.78 is 5.70. The lowest BCUT2D eigenvalue weighted by molar-refractivity contribution is 0.479. The number of nitriles is 1. The number of anilines is 1. The number of halogens is 1. The highest BCUT2D eigenvalue weighted by Gasteiger charge is 2.07. The normalized spacial score (nSPS) is 9.83. The number of hydrogen-bond donors (Lipinski definition) is 1. The van der Waals surface area contributed by atoms with Crippen LogP contribution in [0.3, 0.4) is 0 Å². The molecule has 18 heavy (non-hydrogen) atoms. The van der Waals surface area contributed by atoms with Gasteiger partial charge in [0.15, 0.2) is 0 Å². The SMILES string of the molecule is Cc1c(N)cccc1Oc1ccc(C#N)cc1Cl. The Morgan fingerprint density at radius 3 is 2.67 bits per heavy atom. The third kappa shape index (κ3) is 2.39. The Bertz CT molecular complexity index is 632. The van der Waals surface area contributed by atoms with Crippen molar-refractivity contribution in [2.45, 2.75) is 6.92 Å². The van der Waals surface area contributed by atoms with Gasteiger partial charge in [-0.15, -0.1) is 0 Å². The smallest absolute Gasteiger partial charge is 0.146 e. The van der Waals surface area contributed by atoms with Crippen molar-refractivity contribution in [1.82, 2.24) is 0 Å². The zero-order chi connectivity index (χ0) is 13.1. The molecule has 0 heterocycles. The molecule has 0 bridgehead atoms. The molecule has 2 aromatic rings. The van der Waals surface area contributed by atoms with E-state index in [0.717, 1.165) is 5.56 Å². The predicted molar refractivity (Wildman–Crippen MR) is 71.8 cm³/mol. The number of nitrogens with zero attached hydrogens (tertiary/aromatic N) is 1. The Morgan fingerprint density at radius 2 is 2.00 bits per heavy atom. The third-order valence-corrected chi connectivity index (χ3v) is 2.90. The number of nitrogen functional groups attached to an aromatic ring is 1. The molecule has 90 valence electrons. The number of nitrogens with two attached hydrogens (primary N) is 1. The average molecular weight is 259 g/mol. The van der Waals surface area contributed by atoms with Gasteiger partial charge in [-0.2, -0.15) is 5.26 Å². The van der Waals surface area contributed by atoms with Crippen LogP contribution >= 0.6 is 11.6 Å². The van der Waals surface area contributed by atoms with Gasteiger partial charge in [-0.1, -0.05) is 17.7 Å². The summed E-state index contributed by atoms with van der Waals surface area (Å²) in [7, 11) is 0. The van der Waals surface area contributed by atoms with Crippen LogP contribution in [0.5, 0.6) is 11.5 Å². The Morgan fingerprint density at radius 1 is 1.22 bits per heavy atom. The van der Waals surface area contributed by atoms with Crippen molar-refractivity contribution in [2.24, 2.45) is 0 Å². The van der Waals surface area contributed by atoms with E-state index in [-0.39, 0.29) is 0 Å². The molecule has 0 saturated carbocycles. The van der Waals surface area contributed by atoms with Crippen LogP contribution in [0.25, 0.3) is 0 Å². The fourth-order valence-corrected chi connectivity index (χ4v) is 1.73. The molecule has 0 aromatic heterocycles. The van der Waals surface area contributed by atoms with Crippen molar-refractivity contribution < 1.29 is 4.74 Å². The highest BCUT2D eigenvalue weighted by molar-refractivity contribution is 6.32. The maximum atomic E-state index is 8.76. The quantitative estimate of drug-likeness (QED) is 0.831. The van der Waals surface area contributed by atoms with Crippen molar-refractivity contribution in [1.29, 1.82) is 5.26 Å². The summed E-state index contributed by atoms with van der Waals surface area (Å²) in [6.45, 7) is 1.88. The molecule has 0 saturated heterocycles. The van der Waals surface area contributed by atoms with Crippen LogP contribution in [0.2, 0.25) is 5.02 Å². The zero-order valence-electron chi connectivity index (χ0n) is 9.77. The summed E-state index contributed by atoms with van der Waals surface area (Å²) >= 11 is 6.04. The topological polar surface area (TPSA) is 59.0 Å². The average Bonchev–Trinajstić information content (AvgIpc) is 2.37. The molecular formula is C14H11ClN2O. The fourth-order valence-electron chi connectivity index (χ4n) is 1.51. The first-order chi connectivity index (χ1) is 8.61. The lowest BCUT2D eigenvalue weighted by Crippen LogP contribution is -1.93. The molecule has 0 fully saturated rings. The van der Waals surface area contributed by atoms with Crippen LogP contribution < -0.4 is 10.5 Å². The number of hydrogen-bond acceptors (Lipinski definition) is 3. The van der Waals surface area contributed by atoms with E-state index in [1.54, 1.807) is 18.2 Å². The first kappa shape index (κ1) is 12.3. The zero-order valence-corrected chi connectivity index (χ0v) is 10.5. The molecule has 4 heteroatoms. The monoisotopic (exact) mass is 258 g/mol. The van der Waals surface area contributed by atoms with Crippen molar-refractivity contribution in [3.63, 3.8) is 0 Å². The molecule has 0 radical (unpaired) electrons.